The zero-order chi connectivity index (χ0) is 29.3. The average molecular weight is 584 g/mol. The monoisotopic (exact) mass is 584 g/mol. The Bertz CT molecular complexity index is 1340. The largest absolute Gasteiger partial charge is 0.469 e. The predicted octanol–water partition coefficient (Wildman–Crippen LogP) is 2.95. The van der Waals surface area contributed by atoms with Crippen LogP contribution in [0.15, 0.2) is 59.1 Å². The molecule has 216 valence electrons. The molecule has 0 aliphatic rings. The quantitative estimate of drug-likeness (QED) is 0.147. The van der Waals surface area contributed by atoms with Crippen LogP contribution in [0.5, 0.6) is 0 Å². The molecule has 2 unspecified atom stereocenters. The molecule has 0 spiro atoms. The fraction of sp³-hybridized carbons (Fsp3) is 0.292. The van der Waals surface area contributed by atoms with E-state index < -0.39 is 63.2 Å². The molecule has 0 bridgehead atoms. The number of phosphoric ester groups is 1. The van der Waals surface area contributed by atoms with Crippen molar-refractivity contribution >= 4 is 25.6 Å². The minimum absolute atomic E-state index is 0.0265. The lowest BCUT2D eigenvalue weighted by Gasteiger charge is -2.32. The van der Waals surface area contributed by atoms with Gasteiger partial charge in [-0.3, -0.25) is 19.6 Å². The fourth-order valence-corrected chi connectivity index (χ4v) is 3.92. The SMILES string of the molecule is CC(=O)N(NCc1cccc(F)c1F)C(COC(=O)Nc1cc(-c2ccccc2)on1)CC(O)COP(=O)(O)O. The third kappa shape index (κ3) is 9.48. The normalized spacial score (nSPS) is 12.9. The van der Waals surface area contributed by atoms with Gasteiger partial charge in [0.2, 0.25) is 5.91 Å². The van der Waals surface area contributed by atoms with Crippen molar-refractivity contribution in [1.82, 2.24) is 15.6 Å². The maximum Gasteiger partial charge on any atom is 0.469 e. The number of nitrogens with zero attached hydrogens (tertiary/aromatic N) is 2. The van der Waals surface area contributed by atoms with Crippen molar-refractivity contribution in [2.45, 2.75) is 32.0 Å². The lowest BCUT2D eigenvalue weighted by atomic mass is 10.1. The van der Waals surface area contributed by atoms with Gasteiger partial charge in [0, 0.05) is 37.1 Å². The van der Waals surface area contributed by atoms with Crippen LogP contribution in [0.1, 0.15) is 18.9 Å². The van der Waals surface area contributed by atoms with Crippen LogP contribution >= 0.6 is 7.82 Å². The number of aliphatic hydroxyl groups excluding tert-OH is 1. The minimum atomic E-state index is -4.90. The molecule has 0 radical (unpaired) electrons. The van der Waals surface area contributed by atoms with E-state index in [1.54, 1.807) is 24.3 Å². The molecule has 0 fully saturated rings. The van der Waals surface area contributed by atoms with Crippen molar-refractivity contribution in [2.24, 2.45) is 0 Å². The van der Waals surface area contributed by atoms with Gasteiger partial charge in [0.25, 0.3) is 0 Å². The molecule has 5 N–H and O–H groups in total. The second kappa shape index (κ2) is 14.1. The lowest BCUT2D eigenvalue weighted by molar-refractivity contribution is -0.137. The van der Waals surface area contributed by atoms with Crippen LogP contribution in [0.4, 0.5) is 19.4 Å². The summed E-state index contributed by atoms with van der Waals surface area (Å²) in [6.45, 7) is -0.581. The number of hydrazine groups is 1. The third-order valence-corrected chi connectivity index (χ3v) is 5.85. The summed E-state index contributed by atoms with van der Waals surface area (Å²) >= 11 is 0. The zero-order valence-electron chi connectivity index (χ0n) is 21.1. The molecule has 0 aliphatic carbocycles. The third-order valence-electron chi connectivity index (χ3n) is 5.36. The van der Waals surface area contributed by atoms with Crippen LogP contribution in [-0.2, 0) is 25.2 Å². The van der Waals surface area contributed by atoms with Gasteiger partial charge in [0.05, 0.1) is 18.8 Å². The first-order chi connectivity index (χ1) is 18.9. The van der Waals surface area contributed by atoms with Gasteiger partial charge in [-0.2, -0.15) is 0 Å². The Morgan fingerprint density at radius 1 is 1.12 bits per heavy atom. The highest BCUT2D eigenvalue weighted by Crippen LogP contribution is 2.36. The van der Waals surface area contributed by atoms with Gasteiger partial charge in [-0.05, 0) is 6.07 Å². The number of hydrogen-bond donors (Lipinski definition) is 5. The molecule has 3 aromatic rings. The van der Waals surface area contributed by atoms with E-state index in [4.69, 9.17) is 19.0 Å². The first kappa shape index (κ1) is 30.8. The number of phosphoric acid groups is 1. The summed E-state index contributed by atoms with van der Waals surface area (Å²) in [5.41, 5.74) is 3.20. The van der Waals surface area contributed by atoms with Gasteiger partial charge < -0.3 is 24.2 Å². The summed E-state index contributed by atoms with van der Waals surface area (Å²) in [5.74, 6) is -2.49. The number of ether oxygens (including phenoxy) is 1. The van der Waals surface area contributed by atoms with Crippen LogP contribution in [-0.4, -0.2) is 62.4 Å². The molecule has 3 rings (SSSR count). The van der Waals surface area contributed by atoms with E-state index in [1.807, 2.05) is 6.07 Å². The van der Waals surface area contributed by atoms with Gasteiger partial charge in [-0.25, -0.2) is 23.6 Å². The summed E-state index contributed by atoms with van der Waals surface area (Å²) < 4.78 is 53.4. The summed E-state index contributed by atoms with van der Waals surface area (Å²) in [4.78, 5) is 42.6. The Balaban J connectivity index is 1.69. The van der Waals surface area contributed by atoms with E-state index in [0.29, 0.717) is 11.3 Å². The molecule has 16 heteroatoms. The first-order valence-electron chi connectivity index (χ1n) is 11.7. The molecule has 13 nitrogen and oxygen atoms in total. The number of aliphatic hydroxyl groups is 1. The summed E-state index contributed by atoms with van der Waals surface area (Å²) in [5, 5.41) is 17.3. The number of anilines is 1. The Hall–Kier alpha value is -3.72. The van der Waals surface area contributed by atoms with Crippen LogP contribution in [0.3, 0.4) is 0 Å². The van der Waals surface area contributed by atoms with Gasteiger partial charge in [-0.1, -0.05) is 47.6 Å². The highest BCUT2D eigenvalue weighted by atomic mass is 31.2. The minimum Gasteiger partial charge on any atom is -0.447 e. The van der Waals surface area contributed by atoms with Crippen molar-refractivity contribution in [3.05, 3.63) is 71.8 Å². The van der Waals surface area contributed by atoms with Crippen molar-refractivity contribution in [2.75, 3.05) is 18.5 Å². The highest BCUT2D eigenvalue weighted by Gasteiger charge is 2.28. The Morgan fingerprint density at radius 3 is 2.52 bits per heavy atom. The number of rotatable bonds is 13. The fourth-order valence-electron chi connectivity index (χ4n) is 3.55. The molecule has 1 aromatic heterocycles. The second-order valence-corrected chi connectivity index (χ2v) is 9.67. The number of aromatic nitrogens is 1. The zero-order valence-corrected chi connectivity index (χ0v) is 22.0. The van der Waals surface area contributed by atoms with E-state index in [2.05, 4.69) is 20.4 Å². The molecule has 0 aliphatic heterocycles. The summed E-state index contributed by atoms with van der Waals surface area (Å²) in [6, 6.07) is 12.7. The Labute approximate surface area is 226 Å². The standard InChI is InChI=1S/C24H27F2N4O9P/c1-15(31)30(27-12-17-8-5-9-20(25)23(17)26)18(10-19(32)14-38-40(34,35)36)13-37-24(33)28-22-11-21(39-29-22)16-6-3-2-4-7-16/h2-9,11,18-19,27,32H,10,12-14H2,1H3,(H,28,29,33)(H2,34,35,36). The highest BCUT2D eigenvalue weighted by molar-refractivity contribution is 7.46. The Morgan fingerprint density at radius 2 is 1.85 bits per heavy atom. The molecular weight excluding hydrogens is 557 g/mol. The van der Waals surface area contributed by atoms with E-state index in [9.17, 15) is 28.0 Å². The van der Waals surface area contributed by atoms with Gasteiger partial charge in [0.1, 0.15) is 6.61 Å². The lowest BCUT2D eigenvalue weighted by Crippen LogP contribution is -2.52. The first-order valence-corrected chi connectivity index (χ1v) is 13.3. The number of carbonyl (C=O) groups excluding carboxylic acids is 2. The number of halogens is 2. The molecule has 40 heavy (non-hydrogen) atoms. The van der Waals surface area contributed by atoms with Crippen LogP contribution in [0.2, 0.25) is 0 Å². The van der Waals surface area contributed by atoms with Crippen LogP contribution in [0, 0.1) is 11.6 Å². The van der Waals surface area contributed by atoms with E-state index in [1.165, 1.54) is 18.2 Å². The number of amides is 2. The van der Waals surface area contributed by atoms with Crippen molar-refractivity contribution in [3.8, 4) is 11.3 Å². The molecular formula is C24H27F2N4O9P. The van der Waals surface area contributed by atoms with E-state index >= 15 is 0 Å². The number of carbonyl (C=O) groups is 2. The molecule has 2 aromatic carbocycles. The molecule has 0 saturated carbocycles. The molecule has 2 amide bonds. The van der Waals surface area contributed by atoms with Gasteiger partial charge in [0.15, 0.2) is 23.2 Å². The maximum atomic E-state index is 14.1. The molecule has 1 heterocycles. The van der Waals surface area contributed by atoms with Gasteiger partial charge >= 0.3 is 13.9 Å². The van der Waals surface area contributed by atoms with E-state index in [-0.39, 0.29) is 17.9 Å². The average Bonchev–Trinajstić information content (AvgIpc) is 3.36. The number of nitrogens with one attached hydrogen (secondary N) is 2. The maximum absolute atomic E-state index is 14.1. The molecule has 0 saturated heterocycles. The van der Waals surface area contributed by atoms with Crippen LogP contribution in [0.25, 0.3) is 11.3 Å². The van der Waals surface area contributed by atoms with Crippen molar-refractivity contribution in [3.63, 3.8) is 0 Å². The van der Waals surface area contributed by atoms with Gasteiger partial charge in [-0.15, -0.1) is 0 Å². The topological polar surface area (TPSA) is 184 Å². The van der Waals surface area contributed by atoms with E-state index in [0.717, 1.165) is 18.0 Å². The molecule has 2 atom stereocenters. The van der Waals surface area contributed by atoms with Crippen LogP contribution < -0.4 is 10.7 Å². The smallest absolute Gasteiger partial charge is 0.447 e. The summed E-state index contributed by atoms with van der Waals surface area (Å²) in [6.07, 6.45) is -2.92. The van der Waals surface area contributed by atoms with Crippen molar-refractivity contribution < 1.29 is 51.6 Å². The second-order valence-electron chi connectivity index (χ2n) is 8.43. The predicted molar refractivity (Wildman–Crippen MR) is 135 cm³/mol. The summed E-state index contributed by atoms with van der Waals surface area (Å²) in [7, 11) is -4.90. The number of benzene rings is 2. The Kier molecular flexibility index (Phi) is 10.8. The van der Waals surface area contributed by atoms with Crippen molar-refractivity contribution in [1.29, 1.82) is 0 Å². The number of hydrogen-bond acceptors (Lipinski definition) is 9.